The Morgan fingerprint density at radius 3 is 2.67 bits per heavy atom. The topological polar surface area (TPSA) is 55.4 Å². The second kappa shape index (κ2) is 7.78. The van der Waals surface area contributed by atoms with Crippen LogP contribution in [-0.2, 0) is 0 Å². The Labute approximate surface area is 168 Å². The van der Waals surface area contributed by atoms with Crippen LogP contribution in [0.3, 0.4) is 0 Å². The summed E-state index contributed by atoms with van der Waals surface area (Å²) >= 11 is 8.18. The molecule has 148 valence electrons. The van der Waals surface area contributed by atoms with Crippen molar-refractivity contribution in [3.05, 3.63) is 16.9 Å². The Hall–Kier alpha value is -1.02. The molecule has 2 N–H and O–H groups in total. The summed E-state index contributed by atoms with van der Waals surface area (Å²) in [5.74, 6) is -0.340. The van der Waals surface area contributed by atoms with Crippen LogP contribution in [0.2, 0.25) is 5.02 Å². The van der Waals surface area contributed by atoms with Gasteiger partial charge in [0, 0.05) is 37.5 Å². The molecule has 0 radical (unpaired) electrons. The van der Waals surface area contributed by atoms with Gasteiger partial charge in [-0.15, -0.1) is 0 Å². The van der Waals surface area contributed by atoms with Crippen LogP contribution in [0, 0.1) is 5.82 Å². The number of hydrogen-bond donors (Lipinski definition) is 2. The highest BCUT2D eigenvalue weighted by molar-refractivity contribution is 8.00. The molecule has 0 amide bonds. The number of aliphatic hydroxyl groups excluding tert-OH is 1. The van der Waals surface area contributed by atoms with E-state index in [0.29, 0.717) is 41.4 Å². The SMILES string of the molecule is CC1(Sc2nc3c(F)c(N4CCN(CCO)CC4)c(Cl)cc3[nH]2)CCCC1. The summed E-state index contributed by atoms with van der Waals surface area (Å²) in [4.78, 5) is 12.0. The molecular formula is C19H26ClFN4OS. The number of β-amino-alcohol motifs (C(OH)–C–C–N with tert-alkyl or cyclic N) is 1. The maximum Gasteiger partial charge on any atom is 0.175 e. The normalized spacial score (nSPS) is 20.7. The van der Waals surface area contributed by atoms with Gasteiger partial charge >= 0.3 is 0 Å². The average molecular weight is 413 g/mol. The number of rotatable bonds is 5. The van der Waals surface area contributed by atoms with E-state index in [-0.39, 0.29) is 17.2 Å². The number of fused-ring (bicyclic) bond motifs is 1. The van der Waals surface area contributed by atoms with Gasteiger partial charge in [-0.3, -0.25) is 4.90 Å². The van der Waals surface area contributed by atoms with Crippen molar-refractivity contribution >= 4 is 40.1 Å². The summed E-state index contributed by atoms with van der Waals surface area (Å²) in [5, 5.41) is 10.3. The van der Waals surface area contributed by atoms with Gasteiger partial charge in [-0.05, 0) is 25.8 Å². The Balaban J connectivity index is 1.59. The third-order valence-electron chi connectivity index (χ3n) is 5.73. The van der Waals surface area contributed by atoms with Crippen molar-refractivity contribution in [3.8, 4) is 0 Å². The van der Waals surface area contributed by atoms with Gasteiger partial charge in [0.25, 0.3) is 0 Å². The first-order valence-corrected chi connectivity index (χ1v) is 10.8. The first kappa shape index (κ1) is 19.3. The predicted octanol–water partition coefficient (Wildman–Crippen LogP) is 3.89. The molecule has 2 heterocycles. The molecule has 0 bridgehead atoms. The first-order valence-electron chi connectivity index (χ1n) is 9.64. The molecule has 2 aromatic rings. The van der Waals surface area contributed by atoms with E-state index in [4.69, 9.17) is 16.7 Å². The zero-order valence-corrected chi connectivity index (χ0v) is 17.2. The molecule has 1 saturated carbocycles. The monoisotopic (exact) mass is 412 g/mol. The molecule has 5 nitrogen and oxygen atoms in total. The lowest BCUT2D eigenvalue weighted by atomic mass is 10.1. The molecule has 4 rings (SSSR count). The zero-order valence-electron chi connectivity index (χ0n) is 15.6. The van der Waals surface area contributed by atoms with Crippen molar-refractivity contribution in [1.82, 2.24) is 14.9 Å². The van der Waals surface area contributed by atoms with E-state index in [2.05, 4.69) is 21.8 Å². The lowest BCUT2D eigenvalue weighted by Crippen LogP contribution is -2.47. The van der Waals surface area contributed by atoms with E-state index in [0.717, 1.165) is 18.2 Å². The number of H-pyrrole nitrogens is 1. The Bertz CT molecular complexity index is 816. The molecule has 8 heteroatoms. The van der Waals surface area contributed by atoms with Gasteiger partial charge < -0.3 is 15.0 Å². The number of aliphatic hydroxyl groups is 1. The Kier molecular flexibility index (Phi) is 5.56. The lowest BCUT2D eigenvalue weighted by molar-refractivity contribution is 0.188. The van der Waals surface area contributed by atoms with Crippen LogP contribution >= 0.6 is 23.4 Å². The highest BCUT2D eigenvalue weighted by atomic mass is 35.5. The third-order valence-corrected chi connectivity index (χ3v) is 7.31. The average Bonchev–Trinajstić information content (AvgIpc) is 3.23. The number of piperazine rings is 1. The van der Waals surface area contributed by atoms with Gasteiger partial charge in [0.05, 0.1) is 22.8 Å². The van der Waals surface area contributed by atoms with Crippen molar-refractivity contribution < 1.29 is 9.50 Å². The highest BCUT2D eigenvalue weighted by Gasteiger charge is 2.31. The number of hydrogen-bond acceptors (Lipinski definition) is 5. The van der Waals surface area contributed by atoms with Gasteiger partial charge in [0.1, 0.15) is 5.52 Å². The van der Waals surface area contributed by atoms with Gasteiger partial charge in [-0.1, -0.05) is 36.2 Å². The molecule has 2 aliphatic rings. The van der Waals surface area contributed by atoms with Crippen LogP contribution in [0.1, 0.15) is 32.6 Å². The van der Waals surface area contributed by atoms with E-state index >= 15 is 4.39 Å². The van der Waals surface area contributed by atoms with E-state index in [9.17, 15) is 0 Å². The van der Waals surface area contributed by atoms with Gasteiger partial charge in [0.2, 0.25) is 0 Å². The number of thioether (sulfide) groups is 1. The fourth-order valence-electron chi connectivity index (χ4n) is 4.18. The molecule has 27 heavy (non-hydrogen) atoms. The predicted molar refractivity (Wildman–Crippen MR) is 110 cm³/mol. The van der Waals surface area contributed by atoms with Gasteiger partial charge in [-0.2, -0.15) is 0 Å². The van der Waals surface area contributed by atoms with Crippen molar-refractivity contribution in [2.75, 3.05) is 44.2 Å². The van der Waals surface area contributed by atoms with Gasteiger partial charge in [-0.25, -0.2) is 9.37 Å². The summed E-state index contributed by atoms with van der Waals surface area (Å²) in [6.45, 7) is 6.01. The van der Waals surface area contributed by atoms with Crippen LogP contribution in [0.5, 0.6) is 0 Å². The number of benzene rings is 1. The van der Waals surface area contributed by atoms with E-state index in [1.165, 1.54) is 25.7 Å². The lowest BCUT2D eigenvalue weighted by Gasteiger charge is -2.36. The molecule has 1 aromatic carbocycles. The quantitative estimate of drug-likeness (QED) is 0.780. The molecule has 2 fully saturated rings. The summed E-state index contributed by atoms with van der Waals surface area (Å²) in [7, 11) is 0. The molecular weight excluding hydrogens is 387 g/mol. The second-order valence-electron chi connectivity index (χ2n) is 7.77. The standard InChI is InChI=1S/C19H26ClFN4OS/c1-19(4-2-3-5-19)27-18-22-14-12-13(20)17(15(21)16(14)23-18)25-8-6-24(7-9-25)10-11-26/h12,26H,2-11H2,1H3,(H,22,23). The minimum atomic E-state index is -0.340. The number of anilines is 1. The minimum Gasteiger partial charge on any atom is -0.395 e. The smallest absolute Gasteiger partial charge is 0.175 e. The number of halogens is 2. The summed E-state index contributed by atoms with van der Waals surface area (Å²) in [5.41, 5.74) is 1.48. The van der Waals surface area contributed by atoms with Crippen molar-refractivity contribution in [2.24, 2.45) is 0 Å². The fourth-order valence-corrected chi connectivity index (χ4v) is 5.75. The third kappa shape index (κ3) is 3.92. The maximum absolute atomic E-state index is 15.3. The first-order chi connectivity index (χ1) is 13.0. The van der Waals surface area contributed by atoms with E-state index in [1.54, 1.807) is 17.8 Å². The number of nitrogens with zero attached hydrogens (tertiary/aromatic N) is 3. The summed E-state index contributed by atoms with van der Waals surface area (Å²) in [6.07, 6.45) is 4.83. The number of imidazole rings is 1. The van der Waals surface area contributed by atoms with Crippen LogP contribution < -0.4 is 4.90 Å². The van der Waals surface area contributed by atoms with Crippen molar-refractivity contribution in [1.29, 1.82) is 0 Å². The zero-order chi connectivity index (χ0) is 19.0. The van der Waals surface area contributed by atoms with Gasteiger partial charge in [0.15, 0.2) is 11.0 Å². The molecule has 1 aliphatic carbocycles. The van der Waals surface area contributed by atoms with Crippen molar-refractivity contribution in [3.63, 3.8) is 0 Å². The van der Waals surface area contributed by atoms with E-state index in [1.807, 2.05) is 4.90 Å². The number of aromatic amines is 1. The largest absolute Gasteiger partial charge is 0.395 e. The highest BCUT2D eigenvalue weighted by Crippen LogP contribution is 2.45. The molecule has 0 atom stereocenters. The van der Waals surface area contributed by atoms with Crippen LogP contribution in [0.15, 0.2) is 11.2 Å². The summed E-state index contributed by atoms with van der Waals surface area (Å²) in [6, 6.07) is 1.80. The molecule has 1 aliphatic heterocycles. The molecule has 0 spiro atoms. The van der Waals surface area contributed by atoms with E-state index < -0.39 is 0 Å². The number of nitrogens with one attached hydrogen (secondary N) is 1. The number of aromatic nitrogens is 2. The molecule has 0 unspecified atom stereocenters. The molecule has 1 aromatic heterocycles. The van der Waals surface area contributed by atoms with Crippen LogP contribution in [0.4, 0.5) is 10.1 Å². The Morgan fingerprint density at radius 2 is 2.00 bits per heavy atom. The maximum atomic E-state index is 15.3. The minimum absolute atomic E-state index is 0.147. The Morgan fingerprint density at radius 1 is 1.30 bits per heavy atom. The summed E-state index contributed by atoms with van der Waals surface area (Å²) < 4.78 is 15.5. The second-order valence-corrected chi connectivity index (χ2v) is 9.75. The van der Waals surface area contributed by atoms with Crippen LogP contribution in [-0.4, -0.2) is 64.1 Å². The fraction of sp³-hybridized carbons (Fsp3) is 0.632. The van der Waals surface area contributed by atoms with Crippen LogP contribution in [0.25, 0.3) is 11.0 Å². The molecule has 1 saturated heterocycles. The van der Waals surface area contributed by atoms with Crippen molar-refractivity contribution in [2.45, 2.75) is 42.5 Å².